The van der Waals surface area contributed by atoms with Crippen LogP contribution >= 0.6 is 11.8 Å². The maximum atomic E-state index is 12.1. The molecule has 2 rings (SSSR count). The van der Waals surface area contributed by atoms with E-state index < -0.39 is 5.60 Å². The topological polar surface area (TPSA) is 62.6 Å². The van der Waals surface area contributed by atoms with Gasteiger partial charge >= 0.3 is 6.09 Å². The molecule has 0 aromatic heterocycles. The van der Waals surface area contributed by atoms with Gasteiger partial charge in [-0.25, -0.2) is 4.79 Å². The molecule has 5 nitrogen and oxygen atoms in total. The molecule has 1 fully saturated rings. The van der Waals surface area contributed by atoms with Crippen LogP contribution in [0.2, 0.25) is 0 Å². The fraction of sp³-hybridized carbons (Fsp3) is 0.529. The Morgan fingerprint density at radius 2 is 2.30 bits per heavy atom. The van der Waals surface area contributed by atoms with Crippen molar-refractivity contribution in [1.82, 2.24) is 4.90 Å². The van der Waals surface area contributed by atoms with E-state index in [2.05, 4.69) is 6.07 Å². The molecule has 0 radical (unpaired) electrons. The summed E-state index contributed by atoms with van der Waals surface area (Å²) in [5.74, 6) is 0.730. The van der Waals surface area contributed by atoms with Gasteiger partial charge in [0.2, 0.25) is 0 Å². The van der Waals surface area contributed by atoms with Crippen LogP contribution in [-0.2, 0) is 9.47 Å². The summed E-state index contributed by atoms with van der Waals surface area (Å²) in [6.45, 7) is 7.19. The number of carbonyl (C=O) groups is 1. The highest BCUT2D eigenvalue weighted by atomic mass is 32.2. The molecule has 0 saturated carbocycles. The van der Waals surface area contributed by atoms with Gasteiger partial charge in [0.25, 0.3) is 0 Å². The van der Waals surface area contributed by atoms with Crippen molar-refractivity contribution in [2.24, 2.45) is 0 Å². The lowest BCUT2D eigenvalue weighted by Crippen LogP contribution is -2.48. The molecule has 1 aliphatic heterocycles. The van der Waals surface area contributed by atoms with E-state index >= 15 is 0 Å². The minimum absolute atomic E-state index is 0.0352. The van der Waals surface area contributed by atoms with Crippen LogP contribution in [0, 0.1) is 11.3 Å². The van der Waals surface area contributed by atoms with E-state index in [1.807, 2.05) is 39.0 Å². The SMILES string of the molecule is CC(C)(C)OC(=O)N1CCOC(CSc2cccc(C#N)c2)C1. The van der Waals surface area contributed by atoms with Gasteiger partial charge in [-0.15, -0.1) is 11.8 Å². The van der Waals surface area contributed by atoms with Crippen LogP contribution in [0.5, 0.6) is 0 Å². The molecule has 0 bridgehead atoms. The molecule has 6 heteroatoms. The summed E-state index contributed by atoms with van der Waals surface area (Å²) in [6.07, 6.45) is -0.325. The fourth-order valence-corrected chi connectivity index (χ4v) is 3.12. The van der Waals surface area contributed by atoms with Crippen molar-refractivity contribution in [1.29, 1.82) is 5.26 Å². The van der Waals surface area contributed by atoms with Crippen molar-refractivity contribution in [3.05, 3.63) is 29.8 Å². The number of benzene rings is 1. The van der Waals surface area contributed by atoms with Gasteiger partial charge in [-0.05, 0) is 39.0 Å². The van der Waals surface area contributed by atoms with E-state index in [1.165, 1.54) is 0 Å². The molecule has 1 atom stereocenters. The van der Waals surface area contributed by atoms with Gasteiger partial charge in [-0.3, -0.25) is 0 Å². The van der Waals surface area contributed by atoms with E-state index in [0.29, 0.717) is 25.3 Å². The minimum Gasteiger partial charge on any atom is -0.444 e. The third-order valence-corrected chi connectivity index (χ3v) is 4.32. The number of morpholine rings is 1. The zero-order chi connectivity index (χ0) is 16.9. The summed E-state index contributed by atoms with van der Waals surface area (Å²) in [6, 6.07) is 9.62. The quantitative estimate of drug-likeness (QED) is 0.794. The Bertz CT molecular complexity index is 592. The first-order chi connectivity index (χ1) is 10.9. The van der Waals surface area contributed by atoms with Crippen LogP contribution in [-0.4, -0.2) is 48.1 Å². The second kappa shape index (κ2) is 7.71. The van der Waals surface area contributed by atoms with E-state index in [1.54, 1.807) is 22.7 Å². The van der Waals surface area contributed by atoms with Crippen LogP contribution in [0.15, 0.2) is 29.2 Å². The lowest BCUT2D eigenvalue weighted by atomic mass is 10.2. The van der Waals surface area contributed by atoms with Crippen LogP contribution in [0.4, 0.5) is 4.79 Å². The zero-order valence-corrected chi connectivity index (χ0v) is 14.6. The lowest BCUT2D eigenvalue weighted by molar-refractivity contribution is -0.0337. The summed E-state index contributed by atoms with van der Waals surface area (Å²) >= 11 is 1.63. The molecular weight excluding hydrogens is 312 g/mol. The molecule has 1 aromatic carbocycles. The molecule has 1 saturated heterocycles. The number of nitriles is 1. The van der Waals surface area contributed by atoms with Crippen molar-refractivity contribution in [3.63, 3.8) is 0 Å². The van der Waals surface area contributed by atoms with E-state index in [0.717, 1.165) is 10.6 Å². The van der Waals surface area contributed by atoms with Gasteiger partial charge in [0.1, 0.15) is 5.60 Å². The first-order valence-electron chi connectivity index (χ1n) is 7.60. The Hall–Kier alpha value is -1.71. The molecule has 0 N–H and O–H groups in total. The summed E-state index contributed by atoms with van der Waals surface area (Å²) in [7, 11) is 0. The van der Waals surface area contributed by atoms with Gasteiger partial charge in [0, 0.05) is 17.2 Å². The molecule has 1 unspecified atom stereocenters. The molecular formula is C17H22N2O3S. The molecule has 23 heavy (non-hydrogen) atoms. The molecule has 1 aliphatic rings. The Morgan fingerprint density at radius 1 is 1.52 bits per heavy atom. The standard InChI is InChI=1S/C17H22N2O3S/c1-17(2,3)22-16(20)19-7-8-21-14(11-19)12-23-15-6-4-5-13(9-15)10-18/h4-6,9,14H,7-8,11-12H2,1-3H3. The lowest BCUT2D eigenvalue weighted by Gasteiger charge is -2.34. The molecule has 1 heterocycles. The number of rotatable bonds is 3. The van der Waals surface area contributed by atoms with Crippen LogP contribution in [0.3, 0.4) is 0 Å². The summed E-state index contributed by atoms with van der Waals surface area (Å²) in [5, 5.41) is 8.93. The van der Waals surface area contributed by atoms with Crippen LogP contribution in [0.25, 0.3) is 0 Å². The van der Waals surface area contributed by atoms with E-state index in [9.17, 15) is 4.79 Å². The highest BCUT2D eigenvalue weighted by Crippen LogP contribution is 2.22. The van der Waals surface area contributed by atoms with Crippen LogP contribution in [0.1, 0.15) is 26.3 Å². The highest BCUT2D eigenvalue weighted by Gasteiger charge is 2.28. The third kappa shape index (κ3) is 5.77. The zero-order valence-electron chi connectivity index (χ0n) is 13.7. The predicted molar refractivity (Wildman–Crippen MR) is 89.4 cm³/mol. The summed E-state index contributed by atoms with van der Waals surface area (Å²) < 4.78 is 11.1. The summed E-state index contributed by atoms with van der Waals surface area (Å²) in [5.41, 5.74) is 0.159. The molecule has 0 aliphatic carbocycles. The van der Waals surface area contributed by atoms with Gasteiger partial charge in [0.15, 0.2) is 0 Å². The van der Waals surface area contributed by atoms with Crippen molar-refractivity contribution < 1.29 is 14.3 Å². The van der Waals surface area contributed by atoms with E-state index in [-0.39, 0.29) is 12.2 Å². The van der Waals surface area contributed by atoms with Crippen molar-refractivity contribution in [3.8, 4) is 6.07 Å². The Kier molecular flexibility index (Phi) is 5.91. The number of amides is 1. The predicted octanol–water partition coefficient (Wildman–Crippen LogP) is 3.29. The number of carbonyl (C=O) groups excluding carboxylic acids is 1. The molecule has 1 amide bonds. The Balaban J connectivity index is 1.86. The average molecular weight is 334 g/mol. The number of thioether (sulfide) groups is 1. The minimum atomic E-state index is -0.489. The van der Waals surface area contributed by atoms with Crippen molar-refractivity contribution in [2.45, 2.75) is 37.4 Å². The van der Waals surface area contributed by atoms with Crippen molar-refractivity contribution in [2.75, 3.05) is 25.4 Å². The molecule has 124 valence electrons. The maximum absolute atomic E-state index is 12.1. The Morgan fingerprint density at radius 3 is 3.00 bits per heavy atom. The first kappa shape index (κ1) is 17.6. The normalized spacial score (nSPS) is 18.3. The second-order valence-electron chi connectivity index (χ2n) is 6.37. The number of hydrogen-bond acceptors (Lipinski definition) is 5. The average Bonchev–Trinajstić information content (AvgIpc) is 2.52. The monoisotopic (exact) mass is 334 g/mol. The van der Waals surface area contributed by atoms with Gasteiger partial charge in [0.05, 0.1) is 30.9 Å². The second-order valence-corrected chi connectivity index (χ2v) is 7.46. The highest BCUT2D eigenvalue weighted by molar-refractivity contribution is 7.99. The third-order valence-electron chi connectivity index (χ3n) is 3.19. The van der Waals surface area contributed by atoms with Gasteiger partial charge in [-0.1, -0.05) is 6.07 Å². The summed E-state index contributed by atoms with van der Waals surface area (Å²) in [4.78, 5) is 14.9. The smallest absolute Gasteiger partial charge is 0.410 e. The number of nitrogens with zero attached hydrogens (tertiary/aromatic N) is 2. The largest absolute Gasteiger partial charge is 0.444 e. The number of ether oxygens (including phenoxy) is 2. The Labute approximate surface area is 141 Å². The molecule has 1 aromatic rings. The number of hydrogen-bond donors (Lipinski definition) is 0. The van der Waals surface area contributed by atoms with Crippen molar-refractivity contribution >= 4 is 17.9 Å². The van der Waals surface area contributed by atoms with Gasteiger partial charge < -0.3 is 14.4 Å². The maximum Gasteiger partial charge on any atom is 0.410 e. The first-order valence-corrected chi connectivity index (χ1v) is 8.58. The molecule has 0 spiro atoms. The van der Waals surface area contributed by atoms with Crippen LogP contribution < -0.4 is 0 Å². The van der Waals surface area contributed by atoms with E-state index in [4.69, 9.17) is 14.7 Å². The fourth-order valence-electron chi connectivity index (χ4n) is 2.16. The van der Waals surface area contributed by atoms with Gasteiger partial charge in [-0.2, -0.15) is 5.26 Å².